The van der Waals surface area contributed by atoms with E-state index in [1.54, 1.807) is 25.5 Å². The molecule has 0 radical (unpaired) electrons. The van der Waals surface area contributed by atoms with Crippen molar-refractivity contribution in [1.82, 2.24) is 9.13 Å². The Hall–Kier alpha value is -5.20. The number of esters is 1. The number of allylic oxidation sites excluding steroid dienone is 1. The van der Waals surface area contributed by atoms with Crippen LogP contribution < -0.4 is 19.6 Å². The van der Waals surface area contributed by atoms with Gasteiger partial charge in [0.2, 0.25) is 0 Å². The fourth-order valence-corrected chi connectivity index (χ4v) is 6.54. The molecule has 5 aromatic rings. The molecular formula is C34H28N4O4S. The number of nitriles is 1. The molecule has 1 atom stereocenters. The lowest BCUT2D eigenvalue weighted by atomic mass is 9.96. The van der Waals surface area contributed by atoms with Crippen LogP contribution in [0.1, 0.15) is 42.1 Å². The van der Waals surface area contributed by atoms with Gasteiger partial charge in [0, 0.05) is 29.2 Å². The highest BCUT2D eigenvalue weighted by Gasteiger charge is 2.33. The van der Waals surface area contributed by atoms with Gasteiger partial charge in [0.15, 0.2) is 4.80 Å². The van der Waals surface area contributed by atoms with E-state index in [-0.39, 0.29) is 12.2 Å². The lowest BCUT2D eigenvalue weighted by Gasteiger charge is -2.24. The Kier molecular flexibility index (Phi) is 7.53. The molecular weight excluding hydrogens is 560 g/mol. The molecule has 9 heteroatoms. The van der Waals surface area contributed by atoms with Crippen molar-refractivity contribution in [2.45, 2.75) is 26.4 Å². The topological polar surface area (TPSA) is 98.6 Å². The summed E-state index contributed by atoms with van der Waals surface area (Å²) in [6.07, 6.45) is 3.89. The molecule has 6 rings (SSSR count). The molecule has 1 aliphatic rings. The molecule has 214 valence electrons. The second-order valence-electron chi connectivity index (χ2n) is 10.1. The Balaban J connectivity index is 1.51. The zero-order valence-electron chi connectivity index (χ0n) is 23.9. The standard InChI is InChI=1S/C34H28N4O4S/c1-4-42-33(40)30-21(2)36-34-38(31(30)22-13-15-26(41-3)16-14-22)32(39)29(43-34)17-25-20-37(28-12-8-7-11-27(25)28)19-24-10-6-5-9-23(24)18-35/h5-17,20,31H,4,19H2,1-3H3. The summed E-state index contributed by atoms with van der Waals surface area (Å²) in [7, 11) is 1.59. The van der Waals surface area contributed by atoms with Crippen LogP contribution in [0, 0.1) is 11.3 Å². The molecule has 0 saturated carbocycles. The van der Waals surface area contributed by atoms with Crippen LogP contribution in [0.2, 0.25) is 0 Å². The molecule has 0 amide bonds. The van der Waals surface area contributed by atoms with E-state index in [1.165, 1.54) is 11.3 Å². The third kappa shape index (κ3) is 5.07. The lowest BCUT2D eigenvalue weighted by Crippen LogP contribution is -2.39. The summed E-state index contributed by atoms with van der Waals surface area (Å²) in [5.41, 5.74) is 4.76. The fraction of sp³-hybridized carbons (Fsp3) is 0.176. The van der Waals surface area contributed by atoms with Crippen molar-refractivity contribution in [2.75, 3.05) is 13.7 Å². The van der Waals surface area contributed by atoms with Gasteiger partial charge in [-0.2, -0.15) is 5.26 Å². The van der Waals surface area contributed by atoms with E-state index >= 15 is 0 Å². The van der Waals surface area contributed by atoms with Crippen LogP contribution in [0.25, 0.3) is 17.0 Å². The Morgan fingerprint density at radius 2 is 1.84 bits per heavy atom. The zero-order valence-corrected chi connectivity index (χ0v) is 24.7. The van der Waals surface area contributed by atoms with Gasteiger partial charge < -0.3 is 14.0 Å². The van der Waals surface area contributed by atoms with Crippen LogP contribution in [0.3, 0.4) is 0 Å². The van der Waals surface area contributed by atoms with Crippen LogP contribution in [0.15, 0.2) is 100 Å². The summed E-state index contributed by atoms with van der Waals surface area (Å²) < 4.78 is 14.9. The van der Waals surface area contributed by atoms with Crippen LogP contribution >= 0.6 is 11.3 Å². The molecule has 0 saturated heterocycles. The molecule has 1 aliphatic heterocycles. The molecule has 3 aromatic carbocycles. The highest BCUT2D eigenvalue weighted by molar-refractivity contribution is 7.07. The third-order valence-corrected chi connectivity index (χ3v) is 8.52. The van der Waals surface area contributed by atoms with Gasteiger partial charge in [0.1, 0.15) is 5.75 Å². The minimum atomic E-state index is -0.702. The molecule has 2 aromatic heterocycles. The minimum absolute atomic E-state index is 0.207. The average Bonchev–Trinajstić information content (AvgIpc) is 3.53. The van der Waals surface area contributed by atoms with E-state index in [0.717, 1.165) is 27.6 Å². The van der Waals surface area contributed by atoms with Crippen LogP contribution in [-0.2, 0) is 16.1 Å². The first-order chi connectivity index (χ1) is 20.9. The van der Waals surface area contributed by atoms with Crippen molar-refractivity contribution in [3.05, 3.63) is 132 Å². The Morgan fingerprint density at radius 3 is 2.58 bits per heavy atom. The molecule has 0 fully saturated rings. The number of fused-ring (bicyclic) bond motifs is 2. The number of aromatic nitrogens is 2. The SMILES string of the molecule is CCOC(=O)C1=C(C)N=c2sc(=Cc3cn(Cc4ccccc4C#N)c4ccccc34)c(=O)n2C1c1ccc(OC)cc1. The summed E-state index contributed by atoms with van der Waals surface area (Å²) >= 11 is 1.29. The molecule has 8 nitrogen and oxygen atoms in total. The van der Waals surface area contributed by atoms with Crippen molar-refractivity contribution >= 4 is 34.3 Å². The number of rotatable bonds is 7. The van der Waals surface area contributed by atoms with Gasteiger partial charge in [0.25, 0.3) is 5.56 Å². The summed E-state index contributed by atoms with van der Waals surface area (Å²) in [5.74, 6) is 0.169. The van der Waals surface area contributed by atoms with Crippen LogP contribution in [-0.4, -0.2) is 28.8 Å². The van der Waals surface area contributed by atoms with Crippen LogP contribution in [0.4, 0.5) is 0 Å². The summed E-state index contributed by atoms with van der Waals surface area (Å²) in [6, 6.07) is 24.4. The molecule has 0 bridgehead atoms. The van der Waals surface area contributed by atoms with Gasteiger partial charge in [-0.15, -0.1) is 0 Å². The third-order valence-electron chi connectivity index (χ3n) is 7.53. The summed E-state index contributed by atoms with van der Waals surface area (Å²) in [4.78, 5) is 32.5. The first kappa shape index (κ1) is 27.9. The monoisotopic (exact) mass is 588 g/mol. The first-order valence-electron chi connectivity index (χ1n) is 13.8. The van der Waals surface area contributed by atoms with E-state index in [9.17, 15) is 14.9 Å². The number of thiazole rings is 1. The van der Waals surface area contributed by atoms with E-state index in [4.69, 9.17) is 9.47 Å². The number of carbonyl (C=O) groups excluding carboxylic acids is 1. The van der Waals surface area contributed by atoms with Crippen LogP contribution in [0.5, 0.6) is 5.75 Å². The number of benzene rings is 3. The predicted molar refractivity (Wildman–Crippen MR) is 166 cm³/mol. The fourth-order valence-electron chi connectivity index (χ4n) is 5.51. The average molecular weight is 589 g/mol. The van der Waals surface area contributed by atoms with Gasteiger partial charge in [0.05, 0.1) is 47.2 Å². The normalized spacial score (nSPS) is 14.7. The smallest absolute Gasteiger partial charge is 0.338 e. The van der Waals surface area contributed by atoms with E-state index < -0.39 is 12.0 Å². The van der Waals surface area contributed by atoms with Crippen molar-refractivity contribution in [3.63, 3.8) is 0 Å². The van der Waals surface area contributed by atoms with Crippen molar-refractivity contribution < 1.29 is 14.3 Å². The number of hydrogen-bond acceptors (Lipinski definition) is 7. The number of para-hydroxylation sites is 1. The van der Waals surface area contributed by atoms with Crippen molar-refractivity contribution in [1.29, 1.82) is 5.26 Å². The van der Waals surface area contributed by atoms with Gasteiger partial charge in [-0.05, 0) is 55.3 Å². The molecule has 43 heavy (non-hydrogen) atoms. The Morgan fingerprint density at radius 1 is 1.09 bits per heavy atom. The number of ether oxygens (including phenoxy) is 2. The predicted octanol–water partition coefficient (Wildman–Crippen LogP) is 4.68. The molecule has 1 unspecified atom stereocenters. The quantitative estimate of drug-likeness (QED) is 0.257. The summed E-state index contributed by atoms with van der Waals surface area (Å²) in [6.45, 7) is 4.24. The lowest BCUT2D eigenvalue weighted by molar-refractivity contribution is -0.139. The maximum absolute atomic E-state index is 14.1. The van der Waals surface area contributed by atoms with Crippen molar-refractivity contribution in [2.24, 2.45) is 4.99 Å². The summed E-state index contributed by atoms with van der Waals surface area (Å²) in [5, 5.41) is 10.6. The van der Waals surface area contributed by atoms with Gasteiger partial charge in [-0.25, -0.2) is 9.79 Å². The molecule has 0 N–H and O–H groups in total. The van der Waals surface area contributed by atoms with Gasteiger partial charge in [-0.3, -0.25) is 9.36 Å². The highest BCUT2D eigenvalue weighted by atomic mass is 32.1. The highest BCUT2D eigenvalue weighted by Crippen LogP contribution is 2.32. The first-order valence-corrected chi connectivity index (χ1v) is 14.6. The number of hydrogen-bond donors (Lipinski definition) is 0. The molecule has 0 spiro atoms. The van der Waals surface area contributed by atoms with Crippen molar-refractivity contribution in [3.8, 4) is 11.8 Å². The Labute approximate surface area is 251 Å². The second kappa shape index (κ2) is 11.6. The van der Waals surface area contributed by atoms with Gasteiger partial charge >= 0.3 is 5.97 Å². The number of methoxy groups -OCH3 is 1. The second-order valence-corrected chi connectivity index (χ2v) is 11.1. The van der Waals surface area contributed by atoms with E-state index in [0.29, 0.717) is 38.5 Å². The van der Waals surface area contributed by atoms with E-state index in [1.807, 2.05) is 85.1 Å². The van der Waals surface area contributed by atoms with E-state index in [2.05, 4.69) is 15.6 Å². The molecule has 3 heterocycles. The molecule has 0 aliphatic carbocycles. The number of carbonyl (C=O) groups is 1. The maximum atomic E-state index is 14.1. The Bertz CT molecular complexity index is 2130. The maximum Gasteiger partial charge on any atom is 0.338 e. The minimum Gasteiger partial charge on any atom is -0.497 e. The largest absolute Gasteiger partial charge is 0.497 e. The number of nitrogens with zero attached hydrogens (tertiary/aromatic N) is 4. The van der Waals surface area contributed by atoms with Gasteiger partial charge in [-0.1, -0.05) is 59.9 Å². The zero-order chi connectivity index (χ0) is 30.1.